The summed E-state index contributed by atoms with van der Waals surface area (Å²) in [4.78, 5) is 33.8. The van der Waals surface area contributed by atoms with E-state index in [-0.39, 0.29) is 5.91 Å². The second-order valence-electron chi connectivity index (χ2n) is 8.55. The highest BCUT2D eigenvalue weighted by Crippen LogP contribution is 2.25. The highest BCUT2D eigenvalue weighted by molar-refractivity contribution is 5.73. The van der Waals surface area contributed by atoms with E-state index in [2.05, 4.69) is 25.2 Å². The first kappa shape index (κ1) is 21.8. The number of furan rings is 1. The molecular weight excluding hydrogens is 456 g/mol. The second kappa shape index (κ2) is 9.14. The summed E-state index contributed by atoms with van der Waals surface area (Å²) in [6.07, 6.45) is 8.99. The van der Waals surface area contributed by atoms with Gasteiger partial charge in [-0.2, -0.15) is 0 Å². The van der Waals surface area contributed by atoms with Crippen molar-refractivity contribution < 1.29 is 9.21 Å². The molecule has 180 valence electrons. The number of carbonyl (C=O) groups excluding carboxylic acids is 1. The lowest BCUT2D eigenvalue weighted by Gasteiger charge is -2.35. The fourth-order valence-electron chi connectivity index (χ4n) is 4.36. The Hall–Kier alpha value is -4.73. The summed E-state index contributed by atoms with van der Waals surface area (Å²) >= 11 is 0. The summed E-state index contributed by atoms with van der Waals surface area (Å²) < 4.78 is 7.53. The van der Waals surface area contributed by atoms with Crippen LogP contribution >= 0.6 is 0 Å². The monoisotopic (exact) mass is 480 g/mol. The molecule has 1 aliphatic rings. The molecule has 0 bridgehead atoms. The number of hydrogen-bond donors (Lipinski definition) is 1. The number of carbonyl (C=O) groups is 1. The first-order chi connectivity index (χ1) is 17.6. The molecule has 5 aromatic rings. The first-order valence-corrected chi connectivity index (χ1v) is 11.7. The van der Waals surface area contributed by atoms with Crippen molar-refractivity contribution in [2.45, 2.75) is 6.92 Å². The Bertz CT molecular complexity index is 1500. The van der Waals surface area contributed by atoms with Crippen LogP contribution in [0.2, 0.25) is 0 Å². The molecule has 10 nitrogen and oxygen atoms in total. The molecule has 1 N–H and O–H groups in total. The minimum Gasteiger partial charge on any atom is -0.464 e. The summed E-state index contributed by atoms with van der Waals surface area (Å²) in [5.41, 5.74) is 4.37. The zero-order chi connectivity index (χ0) is 24.5. The number of piperazine rings is 1. The highest BCUT2D eigenvalue weighted by atomic mass is 16.3. The molecule has 6 rings (SSSR count). The van der Waals surface area contributed by atoms with Gasteiger partial charge in [-0.15, -0.1) is 0 Å². The van der Waals surface area contributed by atoms with Crippen LogP contribution in [0.3, 0.4) is 0 Å². The van der Waals surface area contributed by atoms with Gasteiger partial charge in [0.2, 0.25) is 11.9 Å². The van der Waals surface area contributed by atoms with Crippen molar-refractivity contribution in [1.29, 1.82) is 0 Å². The topological polar surface area (TPSA) is 105 Å². The zero-order valence-corrected chi connectivity index (χ0v) is 19.7. The highest BCUT2D eigenvalue weighted by Gasteiger charge is 2.19. The third kappa shape index (κ3) is 4.24. The third-order valence-electron chi connectivity index (χ3n) is 6.31. The van der Waals surface area contributed by atoms with Crippen LogP contribution in [0.1, 0.15) is 6.92 Å². The Balaban J connectivity index is 1.20. The molecule has 0 atom stereocenters. The molecule has 6 heterocycles. The van der Waals surface area contributed by atoms with Crippen LogP contribution in [0.5, 0.6) is 0 Å². The average Bonchev–Trinajstić information content (AvgIpc) is 3.60. The van der Waals surface area contributed by atoms with Gasteiger partial charge < -0.3 is 19.5 Å². The average molecular weight is 481 g/mol. The van der Waals surface area contributed by atoms with Crippen LogP contribution in [-0.2, 0) is 4.79 Å². The molecule has 0 saturated carbocycles. The maximum absolute atomic E-state index is 11.6. The van der Waals surface area contributed by atoms with Crippen LogP contribution < -0.4 is 10.2 Å². The molecule has 0 aliphatic carbocycles. The van der Waals surface area contributed by atoms with Gasteiger partial charge in [0.1, 0.15) is 17.2 Å². The van der Waals surface area contributed by atoms with Crippen LogP contribution in [0.15, 0.2) is 77.9 Å². The Labute approximate surface area is 207 Å². The van der Waals surface area contributed by atoms with Crippen LogP contribution in [0.25, 0.3) is 28.4 Å². The summed E-state index contributed by atoms with van der Waals surface area (Å²) in [5.74, 6) is 2.00. The summed E-state index contributed by atoms with van der Waals surface area (Å²) in [7, 11) is 0. The van der Waals surface area contributed by atoms with E-state index in [4.69, 9.17) is 9.40 Å². The number of rotatable bonds is 5. The predicted molar refractivity (Wildman–Crippen MR) is 136 cm³/mol. The Morgan fingerprint density at radius 3 is 2.61 bits per heavy atom. The lowest BCUT2D eigenvalue weighted by molar-refractivity contribution is -0.129. The van der Waals surface area contributed by atoms with Crippen molar-refractivity contribution >= 4 is 29.0 Å². The summed E-state index contributed by atoms with van der Waals surface area (Å²) in [6, 6.07) is 13.5. The standard InChI is InChI=1S/C26H24N8O2/c1-18(35)32-10-12-33(13-11-32)20-5-6-24(28-15-20)31-26-27-9-8-21(30-26)22-16-29-25-7-4-19(17-34(22)25)23-3-2-14-36-23/h2-9,14-17H,10-13H2,1H3,(H,27,28,30,31). The van der Waals surface area contributed by atoms with Gasteiger partial charge in [0, 0.05) is 51.1 Å². The van der Waals surface area contributed by atoms with E-state index < -0.39 is 0 Å². The molecule has 1 amide bonds. The van der Waals surface area contributed by atoms with Crippen molar-refractivity contribution in [2.24, 2.45) is 0 Å². The van der Waals surface area contributed by atoms with E-state index in [1.54, 1.807) is 25.6 Å². The van der Waals surface area contributed by atoms with E-state index in [1.807, 2.05) is 64.2 Å². The third-order valence-corrected chi connectivity index (χ3v) is 6.31. The minimum absolute atomic E-state index is 0.122. The van der Waals surface area contributed by atoms with E-state index >= 15 is 0 Å². The maximum atomic E-state index is 11.6. The largest absolute Gasteiger partial charge is 0.464 e. The van der Waals surface area contributed by atoms with Gasteiger partial charge in [0.05, 0.1) is 35.7 Å². The lowest BCUT2D eigenvalue weighted by atomic mass is 10.2. The van der Waals surface area contributed by atoms with Crippen molar-refractivity contribution in [2.75, 3.05) is 36.4 Å². The van der Waals surface area contributed by atoms with Gasteiger partial charge in [0.15, 0.2) is 0 Å². The van der Waals surface area contributed by atoms with Gasteiger partial charge in [-0.25, -0.2) is 19.9 Å². The number of pyridine rings is 2. The van der Waals surface area contributed by atoms with Crippen molar-refractivity contribution in [3.8, 4) is 22.7 Å². The molecule has 5 aromatic heterocycles. The predicted octanol–water partition coefficient (Wildman–Crippen LogP) is 3.86. The number of hydrogen-bond acceptors (Lipinski definition) is 8. The summed E-state index contributed by atoms with van der Waals surface area (Å²) in [6.45, 7) is 4.65. The number of fused-ring (bicyclic) bond motifs is 1. The lowest BCUT2D eigenvalue weighted by Crippen LogP contribution is -2.48. The number of nitrogens with zero attached hydrogens (tertiary/aromatic N) is 7. The molecule has 0 aromatic carbocycles. The number of nitrogens with one attached hydrogen (secondary N) is 1. The zero-order valence-electron chi connectivity index (χ0n) is 19.7. The number of imidazole rings is 1. The molecule has 0 radical (unpaired) electrons. The van der Waals surface area contributed by atoms with E-state index in [9.17, 15) is 4.79 Å². The second-order valence-corrected chi connectivity index (χ2v) is 8.55. The number of anilines is 3. The van der Waals surface area contributed by atoms with Crippen LogP contribution in [-0.4, -0.2) is 61.3 Å². The van der Waals surface area contributed by atoms with Gasteiger partial charge in [0.25, 0.3) is 0 Å². The SMILES string of the molecule is CC(=O)N1CCN(c2ccc(Nc3nccc(-c4cnc5ccc(-c6ccco6)cn45)n3)nc2)CC1. The Morgan fingerprint density at radius 1 is 0.972 bits per heavy atom. The fourth-order valence-corrected chi connectivity index (χ4v) is 4.36. The van der Waals surface area contributed by atoms with Crippen molar-refractivity contribution in [3.05, 3.63) is 73.5 Å². The van der Waals surface area contributed by atoms with E-state index in [0.29, 0.717) is 11.8 Å². The normalized spacial score (nSPS) is 13.8. The minimum atomic E-state index is 0.122. The molecule has 10 heteroatoms. The molecular formula is C26H24N8O2. The summed E-state index contributed by atoms with van der Waals surface area (Å²) in [5, 5.41) is 3.19. The smallest absolute Gasteiger partial charge is 0.228 e. The van der Waals surface area contributed by atoms with Crippen molar-refractivity contribution in [3.63, 3.8) is 0 Å². The molecule has 1 saturated heterocycles. The fraction of sp³-hybridized carbons (Fsp3) is 0.192. The molecule has 0 spiro atoms. The van der Waals surface area contributed by atoms with Crippen LogP contribution in [0, 0.1) is 0 Å². The van der Waals surface area contributed by atoms with E-state index in [0.717, 1.165) is 60.2 Å². The number of aromatic nitrogens is 5. The van der Waals surface area contributed by atoms with Gasteiger partial charge in [-0.05, 0) is 42.5 Å². The Morgan fingerprint density at radius 2 is 1.86 bits per heavy atom. The number of amides is 1. The van der Waals surface area contributed by atoms with E-state index in [1.165, 1.54) is 0 Å². The van der Waals surface area contributed by atoms with Gasteiger partial charge in [-0.3, -0.25) is 9.20 Å². The van der Waals surface area contributed by atoms with Gasteiger partial charge >= 0.3 is 0 Å². The maximum Gasteiger partial charge on any atom is 0.228 e. The quantitative estimate of drug-likeness (QED) is 0.404. The molecule has 0 unspecified atom stereocenters. The Kier molecular flexibility index (Phi) is 5.53. The van der Waals surface area contributed by atoms with Crippen LogP contribution in [0.4, 0.5) is 17.5 Å². The molecule has 1 fully saturated rings. The van der Waals surface area contributed by atoms with Crippen molar-refractivity contribution in [1.82, 2.24) is 29.2 Å². The first-order valence-electron chi connectivity index (χ1n) is 11.7. The van der Waals surface area contributed by atoms with Gasteiger partial charge in [-0.1, -0.05) is 0 Å². The molecule has 36 heavy (non-hydrogen) atoms. The molecule has 1 aliphatic heterocycles.